The summed E-state index contributed by atoms with van der Waals surface area (Å²) < 4.78 is 5.84. The van der Waals surface area contributed by atoms with Crippen LogP contribution in [0.25, 0.3) is 0 Å². The standard InChI is InChI=1S/C18H28O2/c1-14(2)12-15-8-10-16(11-9-15)18(19)13-20-17-6-4-3-5-7-17/h8-11,14,17-19H,3-7,12-13H2,1-2H3. The first-order chi connectivity index (χ1) is 9.65. The van der Waals surface area contributed by atoms with Crippen LogP contribution in [0, 0.1) is 5.92 Å². The van der Waals surface area contributed by atoms with Crippen molar-refractivity contribution in [2.75, 3.05) is 6.61 Å². The fourth-order valence-corrected chi connectivity index (χ4v) is 2.90. The van der Waals surface area contributed by atoms with Crippen LogP contribution in [0.3, 0.4) is 0 Å². The Labute approximate surface area is 123 Å². The van der Waals surface area contributed by atoms with Gasteiger partial charge in [0.2, 0.25) is 0 Å². The highest BCUT2D eigenvalue weighted by atomic mass is 16.5. The molecule has 1 aromatic rings. The molecular weight excluding hydrogens is 248 g/mol. The summed E-state index contributed by atoms with van der Waals surface area (Å²) in [5.74, 6) is 0.667. The number of hydrogen-bond donors (Lipinski definition) is 1. The number of aliphatic hydroxyl groups is 1. The molecule has 1 fully saturated rings. The van der Waals surface area contributed by atoms with Crippen LogP contribution in [0.2, 0.25) is 0 Å². The number of rotatable bonds is 6. The SMILES string of the molecule is CC(C)Cc1ccc(C(O)COC2CCCCC2)cc1. The van der Waals surface area contributed by atoms with Gasteiger partial charge in [-0.3, -0.25) is 0 Å². The second-order valence-electron chi connectivity index (χ2n) is 6.45. The van der Waals surface area contributed by atoms with E-state index in [2.05, 4.69) is 26.0 Å². The third kappa shape index (κ3) is 4.92. The molecule has 1 unspecified atom stereocenters. The molecule has 1 aliphatic rings. The molecular formula is C18H28O2. The van der Waals surface area contributed by atoms with Crippen LogP contribution in [0.5, 0.6) is 0 Å². The van der Waals surface area contributed by atoms with E-state index in [1.54, 1.807) is 0 Å². The van der Waals surface area contributed by atoms with Crippen LogP contribution < -0.4 is 0 Å². The first-order valence-corrected chi connectivity index (χ1v) is 8.03. The van der Waals surface area contributed by atoms with Gasteiger partial charge in [0.05, 0.1) is 12.7 Å². The zero-order valence-electron chi connectivity index (χ0n) is 12.8. The monoisotopic (exact) mass is 276 g/mol. The molecule has 1 atom stereocenters. The summed E-state index contributed by atoms with van der Waals surface area (Å²) in [5.41, 5.74) is 2.30. The lowest BCUT2D eigenvalue weighted by molar-refractivity contribution is -0.0245. The molecule has 0 bridgehead atoms. The smallest absolute Gasteiger partial charge is 0.102 e. The van der Waals surface area contributed by atoms with Crippen molar-refractivity contribution in [3.8, 4) is 0 Å². The lowest BCUT2D eigenvalue weighted by atomic mass is 9.97. The maximum atomic E-state index is 10.2. The second-order valence-corrected chi connectivity index (χ2v) is 6.45. The van der Waals surface area contributed by atoms with Crippen molar-refractivity contribution in [1.29, 1.82) is 0 Å². The molecule has 0 amide bonds. The highest BCUT2D eigenvalue weighted by Gasteiger charge is 2.16. The van der Waals surface area contributed by atoms with Crippen LogP contribution in [0.15, 0.2) is 24.3 Å². The average Bonchev–Trinajstić information content (AvgIpc) is 2.46. The van der Waals surface area contributed by atoms with Crippen molar-refractivity contribution in [2.45, 2.75) is 64.6 Å². The largest absolute Gasteiger partial charge is 0.386 e. The van der Waals surface area contributed by atoms with E-state index in [0.29, 0.717) is 18.6 Å². The van der Waals surface area contributed by atoms with E-state index in [1.165, 1.54) is 24.8 Å². The molecule has 0 spiro atoms. The fraction of sp³-hybridized carbons (Fsp3) is 0.667. The highest BCUT2D eigenvalue weighted by Crippen LogP contribution is 2.22. The van der Waals surface area contributed by atoms with Crippen LogP contribution >= 0.6 is 0 Å². The minimum absolute atomic E-state index is 0.360. The third-order valence-electron chi connectivity index (χ3n) is 4.05. The van der Waals surface area contributed by atoms with Gasteiger partial charge in [0, 0.05) is 0 Å². The summed E-state index contributed by atoms with van der Waals surface area (Å²) in [5, 5.41) is 10.2. The van der Waals surface area contributed by atoms with Crippen molar-refractivity contribution < 1.29 is 9.84 Å². The Morgan fingerprint density at radius 3 is 2.35 bits per heavy atom. The van der Waals surface area contributed by atoms with E-state index in [-0.39, 0.29) is 0 Å². The first-order valence-electron chi connectivity index (χ1n) is 8.03. The molecule has 2 heteroatoms. The van der Waals surface area contributed by atoms with Crippen LogP contribution in [0.4, 0.5) is 0 Å². The van der Waals surface area contributed by atoms with Gasteiger partial charge in [-0.25, -0.2) is 0 Å². The average molecular weight is 276 g/mol. The van der Waals surface area contributed by atoms with Crippen molar-refractivity contribution in [1.82, 2.24) is 0 Å². The van der Waals surface area contributed by atoms with Gasteiger partial charge in [-0.05, 0) is 36.3 Å². The van der Waals surface area contributed by atoms with Crippen molar-refractivity contribution >= 4 is 0 Å². The summed E-state index contributed by atoms with van der Waals surface area (Å²) in [6, 6.07) is 8.32. The van der Waals surface area contributed by atoms with E-state index in [0.717, 1.165) is 24.8 Å². The molecule has 2 nitrogen and oxygen atoms in total. The molecule has 2 rings (SSSR count). The molecule has 1 aliphatic carbocycles. The zero-order chi connectivity index (χ0) is 14.4. The Balaban J connectivity index is 1.80. The van der Waals surface area contributed by atoms with E-state index < -0.39 is 6.10 Å². The summed E-state index contributed by atoms with van der Waals surface area (Å²) >= 11 is 0. The maximum absolute atomic E-state index is 10.2. The molecule has 1 aromatic carbocycles. The Kier molecular flexibility index (Phi) is 6.06. The van der Waals surface area contributed by atoms with Gasteiger partial charge in [0.1, 0.15) is 6.10 Å². The Bertz CT molecular complexity index is 377. The minimum Gasteiger partial charge on any atom is -0.386 e. The Morgan fingerprint density at radius 1 is 1.10 bits per heavy atom. The molecule has 1 N–H and O–H groups in total. The number of benzene rings is 1. The van der Waals surface area contributed by atoms with Gasteiger partial charge in [-0.15, -0.1) is 0 Å². The topological polar surface area (TPSA) is 29.5 Å². The second kappa shape index (κ2) is 7.80. The highest BCUT2D eigenvalue weighted by molar-refractivity contribution is 5.24. The summed E-state index contributed by atoms with van der Waals surface area (Å²) in [7, 11) is 0. The summed E-state index contributed by atoms with van der Waals surface area (Å²) in [6.07, 6.45) is 7.13. The third-order valence-corrected chi connectivity index (χ3v) is 4.05. The predicted octanol–water partition coefficient (Wildman–Crippen LogP) is 4.27. The van der Waals surface area contributed by atoms with Crippen molar-refractivity contribution in [3.63, 3.8) is 0 Å². The number of ether oxygens (including phenoxy) is 1. The Hall–Kier alpha value is -0.860. The van der Waals surface area contributed by atoms with Gasteiger partial charge >= 0.3 is 0 Å². The van der Waals surface area contributed by atoms with E-state index in [4.69, 9.17) is 4.74 Å². The summed E-state index contributed by atoms with van der Waals surface area (Å²) in [4.78, 5) is 0. The van der Waals surface area contributed by atoms with Gasteiger partial charge in [-0.1, -0.05) is 57.4 Å². The first kappa shape index (κ1) is 15.5. The predicted molar refractivity (Wildman–Crippen MR) is 82.8 cm³/mol. The molecule has 112 valence electrons. The van der Waals surface area contributed by atoms with Crippen molar-refractivity contribution in [3.05, 3.63) is 35.4 Å². The maximum Gasteiger partial charge on any atom is 0.102 e. The van der Waals surface area contributed by atoms with Crippen molar-refractivity contribution in [2.24, 2.45) is 5.92 Å². The van der Waals surface area contributed by atoms with Crippen LogP contribution in [0.1, 0.15) is 63.2 Å². The van der Waals surface area contributed by atoms with Crippen LogP contribution in [-0.4, -0.2) is 17.8 Å². The molecule has 0 aliphatic heterocycles. The molecule has 20 heavy (non-hydrogen) atoms. The molecule has 0 saturated heterocycles. The molecule has 1 saturated carbocycles. The minimum atomic E-state index is -0.495. The molecule has 0 radical (unpaired) electrons. The lowest BCUT2D eigenvalue weighted by Crippen LogP contribution is -2.20. The lowest BCUT2D eigenvalue weighted by Gasteiger charge is -2.23. The fourth-order valence-electron chi connectivity index (χ4n) is 2.90. The number of aliphatic hydroxyl groups excluding tert-OH is 1. The van der Waals surface area contributed by atoms with Crippen LogP contribution in [-0.2, 0) is 11.2 Å². The van der Waals surface area contributed by atoms with E-state index in [1.807, 2.05) is 12.1 Å². The quantitative estimate of drug-likeness (QED) is 0.841. The molecule has 0 aromatic heterocycles. The zero-order valence-corrected chi connectivity index (χ0v) is 12.8. The van der Waals surface area contributed by atoms with Gasteiger partial charge < -0.3 is 9.84 Å². The summed E-state index contributed by atoms with van der Waals surface area (Å²) in [6.45, 7) is 4.87. The van der Waals surface area contributed by atoms with Gasteiger partial charge in [0.15, 0.2) is 0 Å². The normalized spacial score (nSPS) is 18.4. The molecule has 0 heterocycles. The van der Waals surface area contributed by atoms with Gasteiger partial charge in [0.25, 0.3) is 0 Å². The Morgan fingerprint density at radius 2 is 1.75 bits per heavy atom. The van der Waals surface area contributed by atoms with Gasteiger partial charge in [-0.2, -0.15) is 0 Å². The van der Waals surface area contributed by atoms with E-state index >= 15 is 0 Å². The number of hydrogen-bond acceptors (Lipinski definition) is 2. The van der Waals surface area contributed by atoms with E-state index in [9.17, 15) is 5.11 Å².